The molecule has 170 valence electrons. The quantitative estimate of drug-likeness (QED) is 0.509. The Balaban J connectivity index is 1.43. The fraction of sp³-hybridized carbons (Fsp3) is 0.259. The average Bonchev–Trinajstić information content (AvgIpc) is 3.33. The minimum Gasteiger partial charge on any atom is -0.377 e. The number of rotatable bonds is 9. The van der Waals surface area contributed by atoms with E-state index in [1.165, 1.54) is 0 Å². The molecule has 6 nitrogen and oxygen atoms in total. The normalized spacial score (nSPS) is 15.4. The number of amides is 2. The van der Waals surface area contributed by atoms with Crippen molar-refractivity contribution >= 4 is 23.2 Å². The van der Waals surface area contributed by atoms with Crippen molar-refractivity contribution in [2.24, 2.45) is 0 Å². The predicted octanol–water partition coefficient (Wildman–Crippen LogP) is 4.56. The molecular weight excluding hydrogens is 414 g/mol. The van der Waals surface area contributed by atoms with Gasteiger partial charge >= 0.3 is 0 Å². The van der Waals surface area contributed by atoms with Crippen LogP contribution in [0.1, 0.15) is 28.8 Å². The van der Waals surface area contributed by atoms with Crippen molar-refractivity contribution in [3.63, 3.8) is 0 Å². The average molecular weight is 444 g/mol. The lowest BCUT2D eigenvalue weighted by molar-refractivity contribution is -0.117. The van der Waals surface area contributed by atoms with Crippen LogP contribution in [0.5, 0.6) is 0 Å². The summed E-state index contributed by atoms with van der Waals surface area (Å²) in [6, 6.07) is 26.4. The van der Waals surface area contributed by atoms with Gasteiger partial charge in [-0.1, -0.05) is 60.7 Å². The van der Waals surface area contributed by atoms with Crippen LogP contribution in [0.2, 0.25) is 0 Å². The van der Waals surface area contributed by atoms with Crippen LogP contribution in [0.25, 0.3) is 0 Å². The van der Waals surface area contributed by atoms with Crippen LogP contribution in [0, 0.1) is 0 Å². The fourth-order valence-corrected chi connectivity index (χ4v) is 4.01. The summed E-state index contributed by atoms with van der Waals surface area (Å²) in [5.74, 6) is -0.429. The van der Waals surface area contributed by atoms with Gasteiger partial charge < -0.3 is 15.4 Å². The molecule has 0 radical (unpaired) electrons. The van der Waals surface area contributed by atoms with Crippen molar-refractivity contribution in [3.05, 3.63) is 96.1 Å². The highest BCUT2D eigenvalue weighted by atomic mass is 16.5. The number of benzene rings is 3. The molecule has 2 amide bonds. The first-order valence-corrected chi connectivity index (χ1v) is 11.3. The van der Waals surface area contributed by atoms with Gasteiger partial charge in [-0.3, -0.25) is 14.5 Å². The van der Waals surface area contributed by atoms with Crippen molar-refractivity contribution in [1.29, 1.82) is 0 Å². The summed E-state index contributed by atoms with van der Waals surface area (Å²) in [5.41, 5.74) is 2.76. The second-order valence-corrected chi connectivity index (χ2v) is 8.20. The lowest BCUT2D eigenvalue weighted by Gasteiger charge is -2.25. The van der Waals surface area contributed by atoms with Crippen LogP contribution < -0.4 is 10.6 Å². The molecule has 2 N–H and O–H groups in total. The zero-order valence-corrected chi connectivity index (χ0v) is 18.6. The molecule has 1 fully saturated rings. The van der Waals surface area contributed by atoms with E-state index in [1.807, 2.05) is 54.6 Å². The van der Waals surface area contributed by atoms with Crippen LogP contribution in [-0.2, 0) is 16.1 Å². The summed E-state index contributed by atoms with van der Waals surface area (Å²) in [6.07, 6.45) is 2.21. The van der Waals surface area contributed by atoms with Gasteiger partial charge in [0.25, 0.3) is 5.91 Å². The van der Waals surface area contributed by atoms with E-state index >= 15 is 0 Å². The van der Waals surface area contributed by atoms with Crippen LogP contribution >= 0.6 is 0 Å². The molecule has 0 bridgehead atoms. The third kappa shape index (κ3) is 6.75. The zero-order valence-electron chi connectivity index (χ0n) is 18.6. The maximum atomic E-state index is 13.0. The second-order valence-electron chi connectivity index (χ2n) is 8.20. The summed E-state index contributed by atoms with van der Waals surface area (Å²) < 4.78 is 5.80. The number of hydrogen-bond donors (Lipinski definition) is 2. The van der Waals surface area contributed by atoms with Gasteiger partial charge in [0.2, 0.25) is 5.91 Å². The van der Waals surface area contributed by atoms with Gasteiger partial charge in [0.05, 0.1) is 23.9 Å². The molecule has 0 saturated carbocycles. The lowest BCUT2D eigenvalue weighted by atomic mass is 10.1. The van der Waals surface area contributed by atoms with E-state index in [0.717, 1.165) is 25.0 Å². The maximum Gasteiger partial charge on any atom is 0.257 e. The first kappa shape index (κ1) is 22.7. The summed E-state index contributed by atoms with van der Waals surface area (Å²) >= 11 is 0. The van der Waals surface area contributed by atoms with Gasteiger partial charge in [-0.05, 0) is 42.7 Å². The third-order valence-corrected chi connectivity index (χ3v) is 5.58. The Bertz CT molecular complexity index is 1050. The second kappa shape index (κ2) is 11.4. The Hall–Kier alpha value is -3.48. The van der Waals surface area contributed by atoms with Gasteiger partial charge in [-0.2, -0.15) is 0 Å². The third-order valence-electron chi connectivity index (χ3n) is 5.58. The van der Waals surface area contributed by atoms with Crippen LogP contribution in [0.15, 0.2) is 84.9 Å². The summed E-state index contributed by atoms with van der Waals surface area (Å²) in [6.45, 7) is 2.34. The SMILES string of the molecule is O=C(CN(Cc1ccccc1)CC1CCCO1)Nc1ccccc1C(=O)Nc1ccccc1. The van der Waals surface area contributed by atoms with E-state index in [-0.39, 0.29) is 24.5 Å². The molecule has 4 rings (SSSR count). The molecule has 1 saturated heterocycles. The number of nitrogens with zero attached hydrogens (tertiary/aromatic N) is 1. The Morgan fingerprint density at radius 2 is 1.58 bits per heavy atom. The van der Waals surface area contributed by atoms with Gasteiger partial charge in [0.15, 0.2) is 0 Å². The number of carbonyl (C=O) groups excluding carboxylic acids is 2. The number of anilines is 2. The summed E-state index contributed by atoms with van der Waals surface area (Å²) in [5, 5.41) is 5.81. The van der Waals surface area contributed by atoms with Crippen molar-refractivity contribution in [3.8, 4) is 0 Å². The zero-order chi connectivity index (χ0) is 22.9. The van der Waals surface area contributed by atoms with Crippen LogP contribution in [-0.4, -0.2) is 42.5 Å². The highest BCUT2D eigenvalue weighted by molar-refractivity contribution is 6.10. The van der Waals surface area contributed by atoms with E-state index in [1.54, 1.807) is 18.2 Å². The highest BCUT2D eigenvalue weighted by Crippen LogP contribution is 2.19. The Morgan fingerprint density at radius 3 is 2.30 bits per heavy atom. The van der Waals surface area contributed by atoms with Crippen LogP contribution in [0.4, 0.5) is 11.4 Å². The Labute approximate surface area is 194 Å². The smallest absolute Gasteiger partial charge is 0.257 e. The van der Waals surface area contributed by atoms with E-state index in [0.29, 0.717) is 30.0 Å². The van der Waals surface area contributed by atoms with Gasteiger partial charge in [0.1, 0.15) is 0 Å². The minimum atomic E-state index is -0.266. The van der Waals surface area contributed by atoms with E-state index < -0.39 is 0 Å². The molecule has 0 aromatic heterocycles. The van der Waals surface area contributed by atoms with Crippen molar-refractivity contribution in [1.82, 2.24) is 4.90 Å². The molecule has 6 heteroatoms. The predicted molar refractivity (Wildman–Crippen MR) is 130 cm³/mol. The standard InChI is InChI=1S/C27H29N3O3/c31-26(20-30(19-23-14-9-17-33-23)18-21-10-3-1-4-11-21)29-25-16-8-7-15-24(25)27(32)28-22-12-5-2-6-13-22/h1-8,10-13,15-16,23H,9,14,17-20H2,(H,28,32)(H,29,31). The molecule has 3 aromatic rings. The number of ether oxygens (including phenoxy) is 1. The number of carbonyl (C=O) groups is 2. The van der Waals surface area contributed by atoms with Gasteiger partial charge in [-0.15, -0.1) is 0 Å². The Morgan fingerprint density at radius 1 is 0.879 bits per heavy atom. The molecule has 0 aliphatic carbocycles. The molecular formula is C27H29N3O3. The van der Waals surface area contributed by atoms with Crippen LogP contribution in [0.3, 0.4) is 0 Å². The molecule has 1 heterocycles. The van der Waals surface area contributed by atoms with E-state index in [2.05, 4.69) is 27.7 Å². The van der Waals surface area contributed by atoms with E-state index in [4.69, 9.17) is 4.74 Å². The molecule has 1 unspecified atom stereocenters. The number of nitrogens with one attached hydrogen (secondary N) is 2. The van der Waals surface area contributed by atoms with E-state index in [9.17, 15) is 9.59 Å². The monoisotopic (exact) mass is 443 g/mol. The molecule has 33 heavy (non-hydrogen) atoms. The molecule has 0 spiro atoms. The molecule has 1 atom stereocenters. The highest BCUT2D eigenvalue weighted by Gasteiger charge is 2.22. The fourth-order valence-electron chi connectivity index (χ4n) is 4.01. The summed E-state index contributed by atoms with van der Waals surface area (Å²) in [4.78, 5) is 27.9. The topological polar surface area (TPSA) is 70.7 Å². The molecule has 1 aliphatic rings. The first-order chi connectivity index (χ1) is 16.2. The maximum absolute atomic E-state index is 13.0. The lowest BCUT2D eigenvalue weighted by Crippen LogP contribution is -2.38. The van der Waals surface area contributed by atoms with Crippen molar-refractivity contribution < 1.29 is 14.3 Å². The number of para-hydroxylation sites is 2. The first-order valence-electron chi connectivity index (χ1n) is 11.3. The van der Waals surface area contributed by atoms with Gasteiger partial charge in [-0.25, -0.2) is 0 Å². The van der Waals surface area contributed by atoms with Crippen molar-refractivity contribution in [2.45, 2.75) is 25.5 Å². The Kier molecular flexibility index (Phi) is 7.85. The molecule has 1 aliphatic heterocycles. The van der Waals surface area contributed by atoms with Crippen molar-refractivity contribution in [2.75, 3.05) is 30.3 Å². The number of hydrogen-bond acceptors (Lipinski definition) is 4. The minimum absolute atomic E-state index is 0.144. The summed E-state index contributed by atoms with van der Waals surface area (Å²) in [7, 11) is 0. The van der Waals surface area contributed by atoms with Gasteiger partial charge in [0, 0.05) is 25.4 Å². The largest absolute Gasteiger partial charge is 0.377 e. The molecule has 3 aromatic carbocycles.